The molecule has 21 heavy (non-hydrogen) atoms. The highest BCUT2D eigenvalue weighted by Gasteiger charge is 2.14. The lowest BCUT2D eigenvalue weighted by Gasteiger charge is -2.11. The first-order valence-corrected chi connectivity index (χ1v) is 7.18. The Morgan fingerprint density at radius 3 is 2.71 bits per heavy atom. The molecule has 1 aromatic carbocycles. The van der Waals surface area contributed by atoms with Gasteiger partial charge in [0, 0.05) is 6.92 Å². The Hall–Kier alpha value is -2.34. The molecule has 0 atom stereocenters. The van der Waals surface area contributed by atoms with Gasteiger partial charge in [-0.15, -0.1) is 0 Å². The number of anilines is 1. The molecule has 1 amide bonds. The minimum absolute atomic E-state index is 0.257. The van der Waals surface area contributed by atoms with Crippen molar-refractivity contribution in [1.82, 2.24) is 0 Å². The highest BCUT2D eigenvalue weighted by atomic mass is 32.1. The van der Waals surface area contributed by atoms with Gasteiger partial charge in [0.25, 0.3) is 0 Å². The fourth-order valence-electron chi connectivity index (χ4n) is 1.73. The molecule has 0 fully saturated rings. The molecule has 0 aliphatic rings. The monoisotopic (exact) mass is 305 g/mol. The maximum Gasteiger partial charge on any atom is 0.340 e. The van der Waals surface area contributed by atoms with Crippen molar-refractivity contribution in [3.63, 3.8) is 0 Å². The Labute approximate surface area is 126 Å². The Balaban J connectivity index is 2.19. The zero-order chi connectivity index (χ0) is 15.2. The molecule has 1 heterocycles. The maximum absolute atomic E-state index is 11.8. The van der Waals surface area contributed by atoms with Crippen LogP contribution in [0, 0.1) is 0 Å². The summed E-state index contributed by atoms with van der Waals surface area (Å²) in [6.45, 7) is 1.80. The van der Waals surface area contributed by atoms with Crippen LogP contribution in [-0.2, 0) is 16.1 Å². The van der Waals surface area contributed by atoms with E-state index in [-0.39, 0.29) is 11.5 Å². The zero-order valence-corrected chi connectivity index (χ0v) is 12.5. The molecular formula is C15H15NO4S. The van der Waals surface area contributed by atoms with Crippen molar-refractivity contribution < 1.29 is 19.1 Å². The molecule has 0 aliphatic heterocycles. The average molecular weight is 305 g/mol. The number of rotatable bonds is 5. The molecule has 0 radical (unpaired) electrons. The smallest absolute Gasteiger partial charge is 0.340 e. The quantitative estimate of drug-likeness (QED) is 0.862. The van der Waals surface area contributed by atoms with E-state index < -0.39 is 5.97 Å². The lowest BCUT2D eigenvalue weighted by Crippen LogP contribution is -2.12. The third-order valence-corrected chi connectivity index (χ3v) is 3.42. The molecule has 6 heteroatoms. The van der Waals surface area contributed by atoms with Gasteiger partial charge in [-0.05, 0) is 40.6 Å². The van der Waals surface area contributed by atoms with E-state index in [9.17, 15) is 9.59 Å². The number of benzene rings is 1. The van der Waals surface area contributed by atoms with Gasteiger partial charge < -0.3 is 14.8 Å². The minimum Gasteiger partial charge on any atom is -0.489 e. The maximum atomic E-state index is 11.8. The van der Waals surface area contributed by atoms with E-state index in [4.69, 9.17) is 9.47 Å². The fourth-order valence-corrected chi connectivity index (χ4v) is 2.39. The summed E-state index contributed by atoms with van der Waals surface area (Å²) in [5, 5.41) is 6.56. The van der Waals surface area contributed by atoms with E-state index in [1.54, 1.807) is 29.5 Å². The van der Waals surface area contributed by atoms with Crippen LogP contribution in [0.15, 0.2) is 35.0 Å². The predicted molar refractivity (Wildman–Crippen MR) is 80.7 cm³/mol. The molecule has 2 rings (SSSR count). The molecule has 1 N–H and O–H groups in total. The minimum atomic E-state index is -0.528. The van der Waals surface area contributed by atoms with Gasteiger partial charge in [0.15, 0.2) is 0 Å². The van der Waals surface area contributed by atoms with Crippen LogP contribution in [0.3, 0.4) is 0 Å². The normalized spacial score (nSPS) is 10.0. The van der Waals surface area contributed by atoms with Crippen molar-refractivity contribution in [3.8, 4) is 5.75 Å². The molecule has 0 saturated carbocycles. The van der Waals surface area contributed by atoms with Gasteiger partial charge in [0.1, 0.15) is 12.4 Å². The summed E-state index contributed by atoms with van der Waals surface area (Å²) in [7, 11) is 1.29. The molecule has 0 bridgehead atoms. The molecule has 2 aromatic rings. The first-order valence-electron chi connectivity index (χ1n) is 6.24. The lowest BCUT2D eigenvalue weighted by molar-refractivity contribution is -0.114. The topological polar surface area (TPSA) is 64.6 Å². The van der Waals surface area contributed by atoms with Crippen molar-refractivity contribution in [2.45, 2.75) is 13.5 Å². The fraction of sp³-hybridized carbons (Fsp3) is 0.200. The Morgan fingerprint density at radius 1 is 1.29 bits per heavy atom. The Bertz CT molecular complexity index is 637. The van der Waals surface area contributed by atoms with Crippen LogP contribution in [0.1, 0.15) is 22.8 Å². The number of hydrogen-bond acceptors (Lipinski definition) is 5. The summed E-state index contributed by atoms with van der Waals surface area (Å²) < 4.78 is 10.4. The first-order chi connectivity index (χ1) is 10.1. The number of nitrogens with one attached hydrogen (secondary N) is 1. The van der Waals surface area contributed by atoms with E-state index in [0.29, 0.717) is 18.0 Å². The van der Waals surface area contributed by atoms with Crippen LogP contribution < -0.4 is 10.1 Å². The van der Waals surface area contributed by atoms with E-state index in [1.807, 2.05) is 16.8 Å². The number of hydrogen-bond donors (Lipinski definition) is 1. The summed E-state index contributed by atoms with van der Waals surface area (Å²) in [6, 6.07) is 6.85. The highest BCUT2D eigenvalue weighted by Crippen LogP contribution is 2.24. The zero-order valence-electron chi connectivity index (χ0n) is 11.7. The van der Waals surface area contributed by atoms with Crippen molar-refractivity contribution in [2.75, 3.05) is 12.4 Å². The third kappa shape index (κ3) is 4.06. The SMILES string of the molecule is COC(=O)c1cc(OCc2ccsc2)ccc1NC(C)=O. The second-order valence-electron chi connectivity index (χ2n) is 4.30. The van der Waals surface area contributed by atoms with Gasteiger partial charge in [-0.2, -0.15) is 11.3 Å². The van der Waals surface area contributed by atoms with E-state index >= 15 is 0 Å². The largest absolute Gasteiger partial charge is 0.489 e. The molecule has 0 spiro atoms. The van der Waals surface area contributed by atoms with Crippen molar-refractivity contribution in [1.29, 1.82) is 0 Å². The molecule has 0 unspecified atom stereocenters. The van der Waals surface area contributed by atoms with Crippen LogP contribution in [0.4, 0.5) is 5.69 Å². The van der Waals surface area contributed by atoms with E-state index in [2.05, 4.69) is 5.32 Å². The summed E-state index contributed by atoms with van der Waals surface area (Å²) in [5.74, 6) is -0.248. The Kier molecular flexibility index (Phi) is 4.94. The summed E-state index contributed by atoms with van der Waals surface area (Å²) in [6.07, 6.45) is 0. The third-order valence-electron chi connectivity index (χ3n) is 2.69. The van der Waals surface area contributed by atoms with Gasteiger partial charge in [-0.3, -0.25) is 4.79 Å². The van der Waals surface area contributed by atoms with Crippen molar-refractivity contribution >= 4 is 28.9 Å². The molecular weight excluding hydrogens is 290 g/mol. The van der Waals surface area contributed by atoms with Crippen LogP contribution in [0.5, 0.6) is 5.75 Å². The number of thiophene rings is 1. The number of amides is 1. The van der Waals surface area contributed by atoms with E-state index in [0.717, 1.165) is 5.56 Å². The van der Waals surface area contributed by atoms with Crippen LogP contribution in [0.2, 0.25) is 0 Å². The molecule has 0 saturated heterocycles. The van der Waals surface area contributed by atoms with E-state index in [1.165, 1.54) is 14.0 Å². The van der Waals surface area contributed by atoms with Gasteiger partial charge in [0.2, 0.25) is 5.91 Å². The number of ether oxygens (including phenoxy) is 2. The van der Waals surface area contributed by atoms with Crippen LogP contribution in [-0.4, -0.2) is 19.0 Å². The molecule has 5 nitrogen and oxygen atoms in total. The number of carbonyl (C=O) groups excluding carboxylic acids is 2. The van der Waals surface area contributed by atoms with Crippen LogP contribution in [0.25, 0.3) is 0 Å². The number of methoxy groups -OCH3 is 1. The molecule has 110 valence electrons. The summed E-state index contributed by atoms with van der Waals surface area (Å²) in [4.78, 5) is 22.9. The standard InChI is InChI=1S/C15H15NO4S/c1-10(17)16-14-4-3-12(7-13(14)15(18)19-2)20-8-11-5-6-21-9-11/h3-7,9H,8H2,1-2H3,(H,16,17). The predicted octanol–water partition coefficient (Wildman–Crippen LogP) is 3.07. The number of carbonyl (C=O) groups is 2. The van der Waals surface area contributed by atoms with Gasteiger partial charge in [-0.25, -0.2) is 4.79 Å². The molecule has 1 aromatic heterocycles. The molecule has 0 aliphatic carbocycles. The van der Waals surface area contributed by atoms with Crippen molar-refractivity contribution in [2.24, 2.45) is 0 Å². The summed E-state index contributed by atoms with van der Waals surface area (Å²) >= 11 is 1.59. The van der Waals surface area contributed by atoms with Gasteiger partial charge >= 0.3 is 5.97 Å². The van der Waals surface area contributed by atoms with Crippen LogP contribution >= 0.6 is 11.3 Å². The lowest BCUT2D eigenvalue weighted by atomic mass is 10.1. The Morgan fingerprint density at radius 2 is 2.10 bits per heavy atom. The first kappa shape index (κ1) is 15.1. The summed E-state index contributed by atoms with van der Waals surface area (Å²) in [5.41, 5.74) is 1.72. The highest BCUT2D eigenvalue weighted by molar-refractivity contribution is 7.07. The number of esters is 1. The average Bonchev–Trinajstić information content (AvgIpc) is 2.98. The van der Waals surface area contributed by atoms with Gasteiger partial charge in [0.05, 0.1) is 18.4 Å². The second kappa shape index (κ2) is 6.90. The van der Waals surface area contributed by atoms with Gasteiger partial charge in [-0.1, -0.05) is 0 Å². The second-order valence-corrected chi connectivity index (χ2v) is 5.08. The van der Waals surface area contributed by atoms with Crippen molar-refractivity contribution in [3.05, 3.63) is 46.2 Å².